The average molecular weight is 428 g/mol. The third-order valence-electron chi connectivity index (χ3n) is 4.60. The van der Waals surface area contributed by atoms with E-state index in [-0.39, 0.29) is 10.9 Å². The lowest BCUT2D eigenvalue weighted by molar-refractivity contribution is 0.589. The van der Waals surface area contributed by atoms with E-state index in [0.29, 0.717) is 15.7 Å². The van der Waals surface area contributed by atoms with E-state index in [2.05, 4.69) is 15.5 Å². The molecule has 1 aliphatic rings. The predicted octanol–water partition coefficient (Wildman–Crippen LogP) is 3.98. The number of rotatable bonds is 5. The Kier molecular flexibility index (Phi) is 6.21. The van der Waals surface area contributed by atoms with Gasteiger partial charge in [0.1, 0.15) is 0 Å². The topological polar surface area (TPSA) is 61.4 Å². The minimum atomic E-state index is -3.37. The van der Waals surface area contributed by atoms with Gasteiger partial charge in [-0.1, -0.05) is 23.2 Å². The van der Waals surface area contributed by atoms with Gasteiger partial charge in [0.15, 0.2) is 9.84 Å². The molecule has 2 aromatic rings. The van der Waals surface area contributed by atoms with Crippen LogP contribution in [0.1, 0.15) is 18.5 Å². The normalized spacial score (nSPS) is 16.2. The highest BCUT2D eigenvalue weighted by molar-refractivity contribution is 7.90. The Balaban J connectivity index is 1.95. The molecule has 1 atom stereocenters. The molecule has 0 spiro atoms. The van der Waals surface area contributed by atoms with Crippen molar-refractivity contribution in [3.63, 3.8) is 0 Å². The van der Waals surface area contributed by atoms with Crippen LogP contribution in [0.4, 0.5) is 11.4 Å². The maximum absolute atomic E-state index is 12.3. The number of nitrogens with one attached hydrogen (secondary N) is 2. The summed E-state index contributed by atoms with van der Waals surface area (Å²) in [5, 5.41) is 7.74. The molecule has 1 fully saturated rings. The first-order valence-corrected chi connectivity index (χ1v) is 11.4. The van der Waals surface area contributed by atoms with Gasteiger partial charge >= 0.3 is 0 Å². The smallest absolute Gasteiger partial charge is 0.177 e. The minimum absolute atomic E-state index is 0.167. The van der Waals surface area contributed by atoms with E-state index in [1.165, 1.54) is 6.26 Å². The lowest BCUT2D eigenvalue weighted by Gasteiger charge is -2.30. The average Bonchev–Trinajstić information content (AvgIpc) is 2.60. The van der Waals surface area contributed by atoms with Gasteiger partial charge in [0.25, 0.3) is 0 Å². The molecular weight excluding hydrogens is 405 g/mol. The van der Waals surface area contributed by atoms with Crippen molar-refractivity contribution in [2.45, 2.75) is 17.9 Å². The number of benzene rings is 2. The third kappa shape index (κ3) is 5.08. The van der Waals surface area contributed by atoms with Crippen LogP contribution in [0.5, 0.6) is 0 Å². The van der Waals surface area contributed by atoms with E-state index in [1.54, 1.807) is 12.1 Å². The molecule has 27 heavy (non-hydrogen) atoms. The Morgan fingerprint density at radius 3 is 2.30 bits per heavy atom. The number of halogens is 2. The summed E-state index contributed by atoms with van der Waals surface area (Å²) in [6, 6.07) is 10.6. The summed E-state index contributed by atoms with van der Waals surface area (Å²) in [5.74, 6) is 0. The molecule has 0 radical (unpaired) electrons. The van der Waals surface area contributed by atoms with E-state index in [9.17, 15) is 8.42 Å². The van der Waals surface area contributed by atoms with Crippen LogP contribution in [0, 0.1) is 0 Å². The molecule has 0 saturated carbocycles. The van der Waals surface area contributed by atoms with E-state index >= 15 is 0 Å². The molecule has 1 saturated heterocycles. The maximum atomic E-state index is 12.3. The van der Waals surface area contributed by atoms with Crippen LogP contribution in [0.15, 0.2) is 41.3 Å². The summed E-state index contributed by atoms with van der Waals surface area (Å²) in [4.78, 5) is 2.52. The van der Waals surface area contributed by atoms with E-state index in [0.717, 1.165) is 37.4 Å². The molecule has 5 nitrogen and oxygen atoms in total. The summed E-state index contributed by atoms with van der Waals surface area (Å²) >= 11 is 12.2. The van der Waals surface area contributed by atoms with Crippen LogP contribution in [0.3, 0.4) is 0 Å². The SMILES string of the molecule is CC(Nc1cc(N2CCNCC2)ccc1S(C)(=O)=O)c1cc(Cl)cc(Cl)c1. The molecule has 1 heterocycles. The summed E-state index contributed by atoms with van der Waals surface area (Å²) in [7, 11) is -3.37. The van der Waals surface area contributed by atoms with Crippen molar-refractivity contribution in [1.29, 1.82) is 0 Å². The van der Waals surface area contributed by atoms with Gasteiger partial charge in [-0.25, -0.2) is 8.42 Å². The Morgan fingerprint density at radius 1 is 1.07 bits per heavy atom. The third-order valence-corrected chi connectivity index (χ3v) is 6.19. The van der Waals surface area contributed by atoms with Gasteiger partial charge in [0.05, 0.1) is 10.6 Å². The van der Waals surface area contributed by atoms with Crippen molar-refractivity contribution in [2.75, 3.05) is 42.7 Å². The molecule has 1 unspecified atom stereocenters. The predicted molar refractivity (Wildman–Crippen MR) is 113 cm³/mol. The zero-order valence-electron chi connectivity index (χ0n) is 15.3. The molecule has 3 rings (SSSR count). The molecule has 2 N–H and O–H groups in total. The molecule has 0 bridgehead atoms. The van der Waals surface area contributed by atoms with Crippen LogP contribution in [-0.4, -0.2) is 40.9 Å². The number of nitrogens with zero attached hydrogens (tertiary/aromatic N) is 1. The van der Waals surface area contributed by atoms with E-state index in [4.69, 9.17) is 23.2 Å². The fourth-order valence-corrected chi connectivity index (χ4v) is 4.59. The fourth-order valence-electron chi connectivity index (χ4n) is 3.22. The lowest BCUT2D eigenvalue weighted by atomic mass is 10.1. The Labute approximate surface area is 170 Å². The van der Waals surface area contributed by atoms with E-state index in [1.807, 2.05) is 31.2 Å². The molecule has 2 aromatic carbocycles. The highest BCUT2D eigenvalue weighted by atomic mass is 35.5. The van der Waals surface area contributed by atoms with Crippen molar-refractivity contribution < 1.29 is 8.42 Å². The Bertz CT molecular complexity index is 908. The van der Waals surface area contributed by atoms with Crippen molar-refractivity contribution in [2.24, 2.45) is 0 Å². The number of hydrogen-bond donors (Lipinski definition) is 2. The van der Waals surface area contributed by atoms with Gasteiger partial charge in [0.2, 0.25) is 0 Å². The van der Waals surface area contributed by atoms with Crippen LogP contribution in [-0.2, 0) is 9.84 Å². The number of piperazine rings is 1. The largest absolute Gasteiger partial charge is 0.377 e. The number of sulfone groups is 1. The van der Waals surface area contributed by atoms with Crippen molar-refractivity contribution >= 4 is 44.4 Å². The van der Waals surface area contributed by atoms with Crippen LogP contribution >= 0.6 is 23.2 Å². The standard InChI is InChI=1S/C19H23Cl2N3O2S/c1-13(14-9-15(20)11-16(21)10-14)23-18-12-17(24-7-5-22-6-8-24)3-4-19(18)27(2,25)26/h3-4,9-13,22-23H,5-8H2,1-2H3. The zero-order valence-corrected chi connectivity index (χ0v) is 17.6. The monoisotopic (exact) mass is 427 g/mol. The van der Waals surface area contributed by atoms with Gasteiger partial charge in [-0.2, -0.15) is 0 Å². The summed E-state index contributed by atoms with van der Waals surface area (Å²) in [6.45, 7) is 5.54. The van der Waals surface area contributed by atoms with E-state index < -0.39 is 9.84 Å². The highest BCUT2D eigenvalue weighted by Crippen LogP contribution is 2.32. The number of anilines is 2. The maximum Gasteiger partial charge on any atom is 0.177 e. The molecule has 0 amide bonds. The van der Waals surface area contributed by atoms with Gasteiger partial charge in [-0.15, -0.1) is 0 Å². The summed E-state index contributed by atoms with van der Waals surface area (Å²) in [5.41, 5.74) is 2.47. The summed E-state index contributed by atoms with van der Waals surface area (Å²) < 4.78 is 24.5. The Hall–Kier alpha value is -1.47. The molecule has 8 heteroatoms. The van der Waals surface area contributed by atoms with Crippen LogP contribution in [0.25, 0.3) is 0 Å². The zero-order chi connectivity index (χ0) is 19.6. The minimum Gasteiger partial charge on any atom is -0.377 e. The second kappa shape index (κ2) is 8.27. The molecular formula is C19H23Cl2N3O2S. The Morgan fingerprint density at radius 2 is 1.70 bits per heavy atom. The first-order valence-electron chi connectivity index (χ1n) is 8.76. The lowest BCUT2D eigenvalue weighted by Crippen LogP contribution is -2.43. The molecule has 1 aliphatic heterocycles. The first kappa shape index (κ1) is 20.3. The quantitative estimate of drug-likeness (QED) is 0.755. The number of hydrogen-bond acceptors (Lipinski definition) is 5. The second-order valence-electron chi connectivity index (χ2n) is 6.76. The summed E-state index contributed by atoms with van der Waals surface area (Å²) in [6.07, 6.45) is 1.22. The van der Waals surface area contributed by atoms with Gasteiger partial charge < -0.3 is 15.5 Å². The fraction of sp³-hybridized carbons (Fsp3) is 0.368. The second-order valence-corrected chi connectivity index (χ2v) is 9.62. The van der Waals surface area contributed by atoms with Crippen molar-refractivity contribution in [3.05, 3.63) is 52.0 Å². The van der Waals surface area contributed by atoms with Gasteiger partial charge in [0, 0.05) is 54.2 Å². The first-order chi connectivity index (χ1) is 12.7. The molecule has 0 aromatic heterocycles. The van der Waals surface area contributed by atoms with Crippen molar-refractivity contribution in [1.82, 2.24) is 5.32 Å². The highest BCUT2D eigenvalue weighted by Gasteiger charge is 2.19. The van der Waals surface area contributed by atoms with Crippen LogP contribution in [0.2, 0.25) is 10.0 Å². The van der Waals surface area contributed by atoms with Crippen LogP contribution < -0.4 is 15.5 Å². The van der Waals surface area contributed by atoms with Gasteiger partial charge in [-0.3, -0.25) is 0 Å². The van der Waals surface area contributed by atoms with Gasteiger partial charge in [-0.05, 0) is 48.9 Å². The molecule has 0 aliphatic carbocycles. The molecule has 146 valence electrons. The van der Waals surface area contributed by atoms with Crippen molar-refractivity contribution in [3.8, 4) is 0 Å².